The topological polar surface area (TPSA) is 88.6 Å². The molecule has 6 nitrogen and oxygen atoms in total. The smallest absolute Gasteiger partial charge is 0.237 e. The Kier molecular flexibility index (Phi) is 5.46. The van der Waals surface area contributed by atoms with Crippen molar-refractivity contribution in [2.75, 3.05) is 11.9 Å². The van der Waals surface area contributed by atoms with Crippen LogP contribution in [0.4, 0.5) is 5.69 Å². The SMILES string of the molecule is CN1C(=O)C(C)(CC(S(=O)(=O)c2ccccc2)S(=O)(=O)c2ccccc2)c2ccccc21. The Morgan fingerprint density at radius 3 is 1.69 bits per heavy atom. The molecule has 0 saturated carbocycles. The first-order valence-corrected chi connectivity index (χ1v) is 13.1. The van der Waals surface area contributed by atoms with Crippen LogP contribution in [0.5, 0.6) is 0 Å². The highest BCUT2D eigenvalue weighted by molar-refractivity contribution is 8.09. The van der Waals surface area contributed by atoms with Crippen LogP contribution >= 0.6 is 0 Å². The summed E-state index contributed by atoms with van der Waals surface area (Å²) in [6.07, 6.45) is -0.401. The Labute approximate surface area is 188 Å². The first-order valence-electron chi connectivity index (χ1n) is 10.1. The molecule has 1 aliphatic rings. The summed E-state index contributed by atoms with van der Waals surface area (Å²) in [6.45, 7) is 1.62. The van der Waals surface area contributed by atoms with Crippen LogP contribution in [0.2, 0.25) is 0 Å². The Hall–Kier alpha value is -2.97. The second-order valence-corrected chi connectivity index (χ2v) is 12.6. The van der Waals surface area contributed by atoms with Gasteiger partial charge in [0.25, 0.3) is 0 Å². The quantitative estimate of drug-likeness (QED) is 0.551. The fourth-order valence-electron chi connectivity index (χ4n) is 4.27. The molecular formula is C24H23NO5S2. The molecule has 4 rings (SSSR count). The van der Waals surface area contributed by atoms with E-state index in [1.165, 1.54) is 29.2 Å². The minimum atomic E-state index is -4.33. The van der Waals surface area contributed by atoms with Crippen LogP contribution in [0.25, 0.3) is 0 Å². The molecule has 0 saturated heterocycles. The van der Waals surface area contributed by atoms with Crippen molar-refractivity contribution in [3.05, 3.63) is 90.5 Å². The molecule has 0 fully saturated rings. The van der Waals surface area contributed by atoms with Gasteiger partial charge in [0.05, 0.1) is 15.2 Å². The Morgan fingerprint density at radius 2 is 1.19 bits per heavy atom. The molecule has 0 bridgehead atoms. The monoisotopic (exact) mass is 469 g/mol. The second kappa shape index (κ2) is 7.86. The van der Waals surface area contributed by atoms with Crippen LogP contribution < -0.4 is 4.90 Å². The van der Waals surface area contributed by atoms with Gasteiger partial charge in [-0.2, -0.15) is 0 Å². The summed E-state index contributed by atoms with van der Waals surface area (Å²) in [4.78, 5) is 14.5. The normalized spacial score (nSPS) is 18.7. The van der Waals surface area contributed by atoms with E-state index in [0.29, 0.717) is 11.3 Å². The van der Waals surface area contributed by atoms with E-state index in [2.05, 4.69) is 0 Å². The third-order valence-corrected chi connectivity index (χ3v) is 11.1. The number of rotatable bonds is 6. The minimum Gasteiger partial charge on any atom is -0.314 e. The van der Waals surface area contributed by atoms with Crippen molar-refractivity contribution in [1.82, 2.24) is 0 Å². The predicted octanol–water partition coefficient (Wildman–Crippen LogP) is 3.58. The van der Waals surface area contributed by atoms with Crippen LogP contribution in [0.15, 0.2) is 94.7 Å². The number of hydrogen-bond acceptors (Lipinski definition) is 5. The van der Waals surface area contributed by atoms with E-state index in [1.54, 1.807) is 74.6 Å². The van der Waals surface area contributed by atoms with Gasteiger partial charge >= 0.3 is 0 Å². The number of likely N-dealkylation sites (N-methyl/N-ethyl adjacent to an activating group) is 1. The molecule has 8 heteroatoms. The van der Waals surface area contributed by atoms with Crippen LogP contribution in [-0.4, -0.2) is 34.4 Å². The van der Waals surface area contributed by atoms with Crippen molar-refractivity contribution in [2.24, 2.45) is 0 Å². The molecule has 1 unspecified atom stereocenters. The summed E-state index contributed by atoms with van der Waals surface area (Å²) < 4.78 is 52.9. The molecule has 0 aliphatic carbocycles. The van der Waals surface area contributed by atoms with Gasteiger partial charge in [-0.1, -0.05) is 54.6 Å². The summed E-state index contributed by atoms with van der Waals surface area (Å²) in [7, 11) is -7.06. The molecule has 3 aromatic rings. The van der Waals surface area contributed by atoms with Crippen molar-refractivity contribution in [3.8, 4) is 0 Å². The number of sulfone groups is 2. The molecule has 1 aliphatic heterocycles. The van der Waals surface area contributed by atoms with E-state index in [-0.39, 0.29) is 15.7 Å². The second-order valence-electron chi connectivity index (χ2n) is 8.06. The molecule has 1 heterocycles. The average Bonchev–Trinajstić information content (AvgIpc) is 3.00. The Morgan fingerprint density at radius 1 is 0.750 bits per heavy atom. The van der Waals surface area contributed by atoms with E-state index >= 15 is 0 Å². The molecule has 0 N–H and O–H groups in total. The lowest BCUT2D eigenvalue weighted by Gasteiger charge is -2.28. The minimum absolute atomic E-state index is 0.0970. The van der Waals surface area contributed by atoms with Crippen LogP contribution in [0.3, 0.4) is 0 Å². The largest absolute Gasteiger partial charge is 0.314 e. The number of nitrogens with zero attached hydrogens (tertiary/aromatic N) is 1. The van der Waals surface area contributed by atoms with E-state index in [4.69, 9.17) is 0 Å². The van der Waals surface area contributed by atoms with Gasteiger partial charge in [0.1, 0.15) is 0 Å². The lowest BCUT2D eigenvalue weighted by molar-refractivity contribution is -0.122. The molecule has 0 radical (unpaired) electrons. The highest BCUT2D eigenvalue weighted by Gasteiger charge is 2.52. The first-order chi connectivity index (χ1) is 15.1. The van der Waals surface area contributed by atoms with Crippen LogP contribution in [-0.2, 0) is 29.9 Å². The lowest BCUT2D eigenvalue weighted by atomic mass is 9.81. The van der Waals surface area contributed by atoms with Crippen molar-refractivity contribution in [3.63, 3.8) is 0 Å². The van der Waals surface area contributed by atoms with E-state index < -0.39 is 36.1 Å². The van der Waals surface area contributed by atoms with Crippen molar-refractivity contribution in [1.29, 1.82) is 0 Å². The molecule has 1 amide bonds. The van der Waals surface area contributed by atoms with Gasteiger partial charge in [0.15, 0.2) is 24.3 Å². The number of para-hydroxylation sites is 1. The molecule has 166 valence electrons. The fraction of sp³-hybridized carbons (Fsp3) is 0.208. The van der Waals surface area contributed by atoms with Gasteiger partial charge in [0, 0.05) is 12.7 Å². The summed E-state index contributed by atoms with van der Waals surface area (Å²) in [5, 5.41) is 0. The standard InChI is InChI=1S/C24H23NO5S2/c1-24(20-15-9-10-16-21(20)25(2)23(24)26)17-22(31(27,28)18-11-5-3-6-12-18)32(29,30)19-13-7-4-8-14-19/h3-16,22H,17H2,1-2H3. The zero-order valence-corrected chi connectivity index (χ0v) is 19.3. The lowest BCUT2D eigenvalue weighted by Crippen LogP contribution is -2.43. The van der Waals surface area contributed by atoms with Gasteiger partial charge < -0.3 is 4.90 Å². The van der Waals surface area contributed by atoms with E-state index in [9.17, 15) is 21.6 Å². The van der Waals surface area contributed by atoms with Gasteiger partial charge in [-0.15, -0.1) is 0 Å². The van der Waals surface area contributed by atoms with Crippen molar-refractivity contribution < 1.29 is 21.6 Å². The number of carbonyl (C=O) groups is 1. The third kappa shape index (κ3) is 3.43. The van der Waals surface area contributed by atoms with E-state index in [1.807, 2.05) is 0 Å². The first kappa shape index (κ1) is 22.2. The zero-order valence-electron chi connectivity index (χ0n) is 17.7. The molecular weight excluding hydrogens is 446 g/mol. The molecule has 0 spiro atoms. The van der Waals surface area contributed by atoms with Crippen LogP contribution in [0.1, 0.15) is 18.9 Å². The maximum atomic E-state index is 13.7. The number of benzene rings is 3. The van der Waals surface area contributed by atoms with Gasteiger partial charge in [0.2, 0.25) is 5.91 Å². The summed E-state index contributed by atoms with van der Waals surface area (Å²) in [5.74, 6) is -0.338. The highest BCUT2D eigenvalue weighted by Crippen LogP contribution is 2.46. The summed E-state index contributed by atoms with van der Waals surface area (Å²) >= 11 is 0. The maximum absolute atomic E-state index is 13.7. The zero-order chi connectivity index (χ0) is 23.1. The van der Waals surface area contributed by atoms with Crippen molar-refractivity contribution in [2.45, 2.75) is 33.1 Å². The average molecular weight is 470 g/mol. The van der Waals surface area contributed by atoms with Gasteiger partial charge in [-0.05, 0) is 49.2 Å². The number of anilines is 1. The molecule has 1 atom stereocenters. The Bertz CT molecular complexity index is 1300. The number of hydrogen-bond donors (Lipinski definition) is 0. The van der Waals surface area contributed by atoms with E-state index in [0.717, 1.165) is 0 Å². The summed E-state index contributed by atoms with van der Waals surface area (Å²) in [5.41, 5.74) is -0.0586. The molecule has 32 heavy (non-hydrogen) atoms. The number of carbonyl (C=O) groups excluding carboxylic acids is 1. The fourth-order valence-corrected chi connectivity index (χ4v) is 9.05. The third-order valence-electron chi connectivity index (χ3n) is 6.05. The molecule has 0 aromatic heterocycles. The predicted molar refractivity (Wildman–Crippen MR) is 123 cm³/mol. The number of fused-ring (bicyclic) bond motifs is 1. The highest BCUT2D eigenvalue weighted by atomic mass is 32.3. The summed E-state index contributed by atoms with van der Waals surface area (Å²) in [6, 6.07) is 22.1. The van der Waals surface area contributed by atoms with Gasteiger partial charge in [-0.25, -0.2) is 16.8 Å². The van der Waals surface area contributed by atoms with Crippen molar-refractivity contribution >= 4 is 31.3 Å². The number of amides is 1. The van der Waals surface area contributed by atoms with Crippen LogP contribution in [0, 0.1) is 0 Å². The van der Waals surface area contributed by atoms with Gasteiger partial charge in [-0.3, -0.25) is 4.79 Å². The molecule has 3 aromatic carbocycles. The Balaban J connectivity index is 1.91. The maximum Gasteiger partial charge on any atom is 0.237 e.